The first-order valence-electron chi connectivity index (χ1n) is 7.03. The number of nitrogens with two attached hydrogens (primary N) is 1. The van der Waals surface area contributed by atoms with Gasteiger partial charge in [-0.05, 0) is 11.6 Å². The van der Waals surface area contributed by atoms with Crippen molar-refractivity contribution >= 4 is 5.57 Å². The molecular weight excluding hydrogens is 292 g/mol. The Morgan fingerprint density at radius 1 is 1.22 bits per heavy atom. The summed E-state index contributed by atoms with van der Waals surface area (Å²) in [4.78, 5) is 0. The summed E-state index contributed by atoms with van der Waals surface area (Å²) >= 11 is 0. The molecule has 3 aromatic rings. The minimum absolute atomic E-state index is 0.269. The van der Waals surface area contributed by atoms with Crippen molar-refractivity contribution < 1.29 is 9.15 Å². The standard InChI is InChI=1S/C17H12N4O2/c18-8-12-15-13(11-6-7-22-9-11)14(10-4-2-1-3-5-10)16(19)23-17(15)21-20-12/h1-7,9,13H,19H2,(H,20,21). The SMILES string of the molecule is N#Cc1[nH]nc2c1C(c1ccoc1)C(c1ccccc1)=C(N)O2. The van der Waals surface area contributed by atoms with Crippen molar-refractivity contribution in [2.75, 3.05) is 0 Å². The highest BCUT2D eigenvalue weighted by Crippen LogP contribution is 2.46. The van der Waals surface area contributed by atoms with E-state index in [4.69, 9.17) is 14.9 Å². The molecule has 6 heteroatoms. The van der Waals surface area contributed by atoms with Crippen LogP contribution in [0.15, 0.2) is 59.2 Å². The largest absolute Gasteiger partial charge is 0.472 e. The van der Waals surface area contributed by atoms with Crippen LogP contribution in [-0.2, 0) is 0 Å². The number of allylic oxidation sites excluding steroid dienone is 1. The summed E-state index contributed by atoms with van der Waals surface area (Å²) in [6.45, 7) is 0. The highest BCUT2D eigenvalue weighted by molar-refractivity contribution is 5.79. The summed E-state index contributed by atoms with van der Waals surface area (Å²) < 4.78 is 10.9. The van der Waals surface area contributed by atoms with Gasteiger partial charge in [0.05, 0.1) is 24.0 Å². The van der Waals surface area contributed by atoms with Crippen molar-refractivity contribution in [3.63, 3.8) is 0 Å². The maximum atomic E-state index is 9.37. The molecule has 1 aliphatic rings. The van der Waals surface area contributed by atoms with Crippen molar-refractivity contribution in [1.29, 1.82) is 5.26 Å². The molecule has 1 atom stereocenters. The zero-order chi connectivity index (χ0) is 15.8. The average Bonchev–Trinajstić information content (AvgIpc) is 3.23. The number of H-pyrrole nitrogens is 1. The van der Waals surface area contributed by atoms with E-state index in [0.717, 1.165) is 16.7 Å². The number of furan rings is 1. The second-order valence-electron chi connectivity index (χ2n) is 5.16. The molecule has 112 valence electrons. The smallest absolute Gasteiger partial charge is 0.245 e. The Morgan fingerprint density at radius 2 is 2.04 bits per heavy atom. The van der Waals surface area contributed by atoms with Crippen LogP contribution in [0.2, 0.25) is 0 Å². The van der Waals surface area contributed by atoms with Crippen LogP contribution in [0.4, 0.5) is 0 Å². The van der Waals surface area contributed by atoms with Crippen molar-refractivity contribution in [3.8, 4) is 11.9 Å². The lowest BCUT2D eigenvalue weighted by atomic mass is 9.81. The molecule has 4 rings (SSSR count). The fraction of sp³-hybridized carbons (Fsp3) is 0.0588. The second-order valence-corrected chi connectivity index (χ2v) is 5.16. The number of hydrogen-bond donors (Lipinski definition) is 2. The molecule has 0 amide bonds. The maximum absolute atomic E-state index is 9.37. The van der Waals surface area contributed by atoms with Crippen LogP contribution in [0.3, 0.4) is 0 Å². The molecule has 0 spiro atoms. The fourth-order valence-electron chi connectivity index (χ4n) is 2.91. The summed E-state index contributed by atoms with van der Waals surface area (Å²) in [6, 6.07) is 13.7. The topological polar surface area (TPSA) is 101 Å². The zero-order valence-corrected chi connectivity index (χ0v) is 12.0. The Hall–Kier alpha value is -3.46. The molecule has 0 radical (unpaired) electrons. The number of rotatable bonds is 2. The van der Waals surface area contributed by atoms with Gasteiger partial charge < -0.3 is 14.9 Å². The molecule has 1 aliphatic heterocycles. The summed E-state index contributed by atoms with van der Waals surface area (Å²) in [6.07, 6.45) is 3.24. The number of aromatic amines is 1. The lowest BCUT2D eigenvalue weighted by Crippen LogP contribution is -2.20. The summed E-state index contributed by atoms with van der Waals surface area (Å²) in [5.41, 5.74) is 9.78. The fourth-order valence-corrected chi connectivity index (χ4v) is 2.91. The number of fused-ring (bicyclic) bond motifs is 1. The number of aromatic nitrogens is 2. The van der Waals surface area contributed by atoms with Crippen LogP contribution in [0.1, 0.15) is 28.3 Å². The Bertz CT molecular complexity index is 917. The minimum atomic E-state index is -0.284. The third-order valence-electron chi connectivity index (χ3n) is 3.89. The molecule has 3 N–H and O–H groups in total. The van der Waals surface area contributed by atoms with E-state index in [1.165, 1.54) is 0 Å². The number of ether oxygens (including phenoxy) is 1. The Kier molecular flexibility index (Phi) is 2.91. The van der Waals surface area contributed by atoms with E-state index in [-0.39, 0.29) is 11.8 Å². The molecule has 0 saturated carbocycles. The molecule has 0 bridgehead atoms. The van der Waals surface area contributed by atoms with E-state index in [9.17, 15) is 5.26 Å². The quantitative estimate of drug-likeness (QED) is 0.758. The van der Waals surface area contributed by atoms with Gasteiger partial charge in [0.15, 0.2) is 5.88 Å². The Morgan fingerprint density at radius 3 is 2.74 bits per heavy atom. The molecule has 2 aromatic heterocycles. The van der Waals surface area contributed by atoms with Gasteiger partial charge in [0, 0.05) is 11.1 Å². The zero-order valence-electron chi connectivity index (χ0n) is 12.0. The van der Waals surface area contributed by atoms with E-state index in [1.54, 1.807) is 12.5 Å². The van der Waals surface area contributed by atoms with Crippen LogP contribution in [0.5, 0.6) is 5.88 Å². The van der Waals surface area contributed by atoms with Crippen LogP contribution in [-0.4, -0.2) is 10.2 Å². The van der Waals surface area contributed by atoms with E-state index in [2.05, 4.69) is 16.3 Å². The Balaban J connectivity index is 1.98. The summed E-state index contributed by atoms with van der Waals surface area (Å²) in [5, 5.41) is 16.1. The maximum Gasteiger partial charge on any atom is 0.245 e. The number of nitrogens with zero attached hydrogens (tertiary/aromatic N) is 2. The second kappa shape index (κ2) is 5.07. The molecule has 23 heavy (non-hydrogen) atoms. The lowest BCUT2D eigenvalue weighted by Gasteiger charge is -2.26. The minimum Gasteiger partial charge on any atom is -0.472 e. The van der Waals surface area contributed by atoms with Crippen LogP contribution < -0.4 is 10.5 Å². The van der Waals surface area contributed by atoms with Gasteiger partial charge in [0.2, 0.25) is 5.88 Å². The number of benzene rings is 1. The van der Waals surface area contributed by atoms with Crippen molar-refractivity contribution in [3.05, 3.63) is 77.2 Å². The van der Waals surface area contributed by atoms with Crippen LogP contribution in [0.25, 0.3) is 5.57 Å². The average molecular weight is 304 g/mol. The molecule has 0 saturated heterocycles. The van der Waals surface area contributed by atoms with E-state index < -0.39 is 0 Å². The van der Waals surface area contributed by atoms with Crippen LogP contribution >= 0.6 is 0 Å². The first-order valence-corrected chi connectivity index (χ1v) is 7.03. The first kappa shape index (κ1) is 13.2. The van der Waals surface area contributed by atoms with Gasteiger partial charge in [-0.1, -0.05) is 30.3 Å². The van der Waals surface area contributed by atoms with E-state index in [1.807, 2.05) is 36.4 Å². The highest BCUT2D eigenvalue weighted by Gasteiger charge is 2.36. The summed E-state index contributed by atoms with van der Waals surface area (Å²) in [5.74, 6) is 0.309. The Labute approximate surface area is 131 Å². The molecular formula is C17H12N4O2. The third-order valence-corrected chi connectivity index (χ3v) is 3.89. The normalized spacial score (nSPS) is 16.6. The molecule has 1 unspecified atom stereocenters. The van der Waals surface area contributed by atoms with Gasteiger partial charge in [0.1, 0.15) is 11.8 Å². The van der Waals surface area contributed by atoms with Crippen molar-refractivity contribution in [1.82, 2.24) is 10.2 Å². The van der Waals surface area contributed by atoms with Gasteiger partial charge in [-0.25, -0.2) is 0 Å². The van der Waals surface area contributed by atoms with E-state index in [0.29, 0.717) is 17.1 Å². The predicted molar refractivity (Wildman–Crippen MR) is 82.0 cm³/mol. The number of hydrogen-bond acceptors (Lipinski definition) is 5. The highest BCUT2D eigenvalue weighted by atomic mass is 16.5. The van der Waals surface area contributed by atoms with Gasteiger partial charge in [-0.2, -0.15) is 5.26 Å². The van der Waals surface area contributed by atoms with Gasteiger partial charge >= 0.3 is 0 Å². The number of nitrogens with one attached hydrogen (secondary N) is 1. The first-order chi connectivity index (χ1) is 11.3. The third kappa shape index (κ3) is 1.99. The van der Waals surface area contributed by atoms with Gasteiger partial charge in [-0.3, -0.25) is 5.10 Å². The monoisotopic (exact) mass is 304 g/mol. The molecule has 0 aliphatic carbocycles. The predicted octanol–water partition coefficient (Wildman–Crippen LogP) is 2.73. The van der Waals surface area contributed by atoms with Gasteiger partial charge in [0.25, 0.3) is 0 Å². The lowest BCUT2D eigenvalue weighted by molar-refractivity contribution is 0.389. The van der Waals surface area contributed by atoms with E-state index >= 15 is 0 Å². The molecule has 0 fully saturated rings. The molecule has 6 nitrogen and oxygen atoms in total. The molecule has 1 aromatic carbocycles. The van der Waals surface area contributed by atoms with Crippen molar-refractivity contribution in [2.45, 2.75) is 5.92 Å². The molecule has 3 heterocycles. The van der Waals surface area contributed by atoms with Gasteiger partial charge in [-0.15, -0.1) is 5.10 Å². The van der Waals surface area contributed by atoms with Crippen LogP contribution in [0, 0.1) is 11.3 Å². The van der Waals surface area contributed by atoms with Crippen molar-refractivity contribution in [2.24, 2.45) is 5.73 Å². The number of nitriles is 1. The summed E-state index contributed by atoms with van der Waals surface area (Å²) in [7, 11) is 0.